The van der Waals surface area contributed by atoms with Crippen molar-refractivity contribution in [1.82, 2.24) is 9.55 Å². The van der Waals surface area contributed by atoms with Gasteiger partial charge in [0.25, 0.3) is 11.2 Å². The van der Waals surface area contributed by atoms with Crippen molar-refractivity contribution in [1.29, 1.82) is 0 Å². The van der Waals surface area contributed by atoms with Crippen LogP contribution in [0.1, 0.15) is 11.3 Å². The van der Waals surface area contributed by atoms with Gasteiger partial charge in [-0.3, -0.25) is 19.5 Å². The molecule has 0 aliphatic carbocycles. The van der Waals surface area contributed by atoms with Crippen LogP contribution in [0, 0.1) is 17.0 Å². The van der Waals surface area contributed by atoms with Gasteiger partial charge < -0.3 is 0 Å². The molecule has 0 aliphatic rings. The Hall–Kier alpha value is -2.15. The molecule has 7 heteroatoms. The number of nitro groups is 1. The predicted octanol–water partition coefficient (Wildman–Crippen LogP) is 2.23. The second kappa shape index (κ2) is 5.87. The number of aromatic nitrogens is 2. The van der Waals surface area contributed by atoms with E-state index in [4.69, 9.17) is 0 Å². The summed E-state index contributed by atoms with van der Waals surface area (Å²) < 4.78 is 1.44. The van der Waals surface area contributed by atoms with Gasteiger partial charge in [-0.25, -0.2) is 4.98 Å². The van der Waals surface area contributed by atoms with Gasteiger partial charge in [-0.15, -0.1) is 0 Å². The largest absolute Gasteiger partial charge is 0.283 e. The van der Waals surface area contributed by atoms with Gasteiger partial charge in [0.15, 0.2) is 5.16 Å². The maximum absolute atomic E-state index is 12.0. The first kappa shape index (κ1) is 14.3. The summed E-state index contributed by atoms with van der Waals surface area (Å²) in [7, 11) is 0. The second-order valence-electron chi connectivity index (χ2n) is 4.19. The lowest BCUT2D eigenvalue weighted by atomic mass is 10.2. The molecule has 0 amide bonds. The Kier molecular flexibility index (Phi) is 4.19. The predicted molar refractivity (Wildman–Crippen MR) is 77.2 cm³/mol. The SMILES string of the molecule is CSc1nc(C)cc(=O)n1Cc1ccccc1[N+](=O)[O-]. The molecule has 0 bridgehead atoms. The van der Waals surface area contributed by atoms with Crippen LogP contribution in [0.3, 0.4) is 0 Å². The van der Waals surface area contributed by atoms with Crippen LogP contribution in [0.15, 0.2) is 40.3 Å². The highest BCUT2D eigenvalue weighted by molar-refractivity contribution is 7.98. The van der Waals surface area contributed by atoms with Gasteiger partial charge >= 0.3 is 0 Å². The number of hydrogen-bond acceptors (Lipinski definition) is 5. The fraction of sp³-hybridized carbons (Fsp3) is 0.231. The minimum atomic E-state index is -0.444. The molecule has 1 aromatic carbocycles. The molecule has 0 saturated carbocycles. The van der Waals surface area contributed by atoms with Crippen LogP contribution in [-0.2, 0) is 6.54 Å². The standard InChI is InChI=1S/C13H13N3O3S/c1-9-7-12(17)15(13(14-9)20-2)8-10-5-3-4-6-11(10)16(18)19/h3-7H,8H2,1-2H3. The van der Waals surface area contributed by atoms with Crippen LogP contribution in [0.5, 0.6) is 0 Å². The van der Waals surface area contributed by atoms with Crippen LogP contribution in [0.25, 0.3) is 0 Å². The van der Waals surface area contributed by atoms with Crippen LogP contribution in [0.4, 0.5) is 5.69 Å². The maximum Gasteiger partial charge on any atom is 0.274 e. The Bertz CT molecular complexity index is 712. The van der Waals surface area contributed by atoms with E-state index in [1.165, 1.54) is 28.5 Å². The minimum absolute atomic E-state index is 0.00651. The van der Waals surface area contributed by atoms with E-state index in [1.54, 1.807) is 25.1 Å². The average Bonchev–Trinajstić information content (AvgIpc) is 2.41. The van der Waals surface area contributed by atoms with E-state index in [0.717, 1.165) is 0 Å². The highest BCUT2D eigenvalue weighted by Crippen LogP contribution is 2.20. The van der Waals surface area contributed by atoms with Crippen molar-refractivity contribution in [3.05, 3.63) is 62.1 Å². The zero-order chi connectivity index (χ0) is 14.7. The van der Waals surface area contributed by atoms with E-state index in [9.17, 15) is 14.9 Å². The van der Waals surface area contributed by atoms with Crippen molar-refractivity contribution < 1.29 is 4.92 Å². The summed E-state index contributed by atoms with van der Waals surface area (Å²) in [6.07, 6.45) is 1.82. The molecular weight excluding hydrogens is 278 g/mol. The van der Waals surface area contributed by atoms with E-state index in [2.05, 4.69) is 4.98 Å². The molecule has 0 saturated heterocycles. The number of aryl methyl sites for hydroxylation is 1. The molecular formula is C13H13N3O3S. The van der Waals surface area contributed by atoms with E-state index < -0.39 is 4.92 Å². The quantitative estimate of drug-likeness (QED) is 0.373. The summed E-state index contributed by atoms with van der Waals surface area (Å²) in [6.45, 7) is 1.88. The first-order valence-corrected chi connectivity index (χ1v) is 7.10. The molecule has 104 valence electrons. The normalized spacial score (nSPS) is 10.5. The van der Waals surface area contributed by atoms with Gasteiger partial charge in [-0.1, -0.05) is 30.0 Å². The zero-order valence-electron chi connectivity index (χ0n) is 11.1. The van der Waals surface area contributed by atoms with E-state index in [-0.39, 0.29) is 17.8 Å². The smallest absolute Gasteiger partial charge is 0.274 e. The summed E-state index contributed by atoms with van der Waals surface area (Å²) >= 11 is 1.34. The van der Waals surface area contributed by atoms with Crippen LogP contribution >= 0.6 is 11.8 Å². The minimum Gasteiger partial charge on any atom is -0.283 e. The fourth-order valence-electron chi connectivity index (χ4n) is 1.89. The third kappa shape index (κ3) is 2.88. The van der Waals surface area contributed by atoms with E-state index in [0.29, 0.717) is 16.4 Å². The molecule has 2 rings (SSSR count). The molecule has 0 N–H and O–H groups in total. The third-order valence-electron chi connectivity index (χ3n) is 2.80. The van der Waals surface area contributed by atoms with Crippen molar-refractivity contribution in [2.75, 3.05) is 6.26 Å². The summed E-state index contributed by atoms with van der Waals surface area (Å²) in [4.78, 5) is 26.9. The first-order chi connectivity index (χ1) is 9.52. The Labute approximate surface area is 119 Å². The molecule has 0 fully saturated rings. The lowest BCUT2D eigenvalue weighted by molar-refractivity contribution is -0.385. The van der Waals surface area contributed by atoms with Gasteiger partial charge in [-0.2, -0.15) is 0 Å². The average molecular weight is 291 g/mol. The van der Waals surface area contributed by atoms with Crippen molar-refractivity contribution in [2.24, 2.45) is 0 Å². The van der Waals surface area contributed by atoms with Gasteiger partial charge in [0, 0.05) is 23.4 Å². The molecule has 1 heterocycles. The van der Waals surface area contributed by atoms with Gasteiger partial charge in [-0.05, 0) is 13.2 Å². The van der Waals surface area contributed by atoms with Crippen molar-refractivity contribution in [2.45, 2.75) is 18.6 Å². The van der Waals surface area contributed by atoms with Gasteiger partial charge in [0.05, 0.1) is 11.5 Å². The number of thioether (sulfide) groups is 1. The second-order valence-corrected chi connectivity index (χ2v) is 4.97. The zero-order valence-corrected chi connectivity index (χ0v) is 11.9. The summed E-state index contributed by atoms with van der Waals surface area (Å²) in [6, 6.07) is 7.82. The molecule has 0 atom stereocenters. The van der Waals surface area contributed by atoms with E-state index >= 15 is 0 Å². The molecule has 2 aromatic rings. The monoisotopic (exact) mass is 291 g/mol. The van der Waals surface area contributed by atoms with Gasteiger partial charge in [0.1, 0.15) is 0 Å². The third-order valence-corrected chi connectivity index (χ3v) is 3.48. The number of rotatable bonds is 4. The Morgan fingerprint density at radius 1 is 1.40 bits per heavy atom. The molecule has 0 aliphatic heterocycles. The highest BCUT2D eigenvalue weighted by atomic mass is 32.2. The molecule has 0 spiro atoms. The first-order valence-electron chi connectivity index (χ1n) is 5.87. The van der Waals surface area contributed by atoms with Crippen LogP contribution in [-0.4, -0.2) is 20.7 Å². The van der Waals surface area contributed by atoms with Crippen molar-refractivity contribution in [3.8, 4) is 0 Å². The summed E-state index contributed by atoms with van der Waals surface area (Å²) in [5.41, 5.74) is 0.922. The summed E-state index contributed by atoms with van der Waals surface area (Å²) in [5.74, 6) is 0. The number of nitro benzene ring substituents is 1. The Morgan fingerprint density at radius 2 is 2.10 bits per heavy atom. The number of nitrogens with zero attached hydrogens (tertiary/aromatic N) is 3. The number of benzene rings is 1. The number of hydrogen-bond donors (Lipinski definition) is 0. The molecule has 6 nitrogen and oxygen atoms in total. The van der Waals surface area contributed by atoms with Crippen molar-refractivity contribution >= 4 is 17.4 Å². The summed E-state index contributed by atoms with van der Waals surface area (Å²) in [5, 5.41) is 11.6. The number of para-hydroxylation sites is 1. The Morgan fingerprint density at radius 3 is 2.75 bits per heavy atom. The molecule has 0 unspecified atom stereocenters. The molecule has 0 radical (unpaired) electrons. The topological polar surface area (TPSA) is 78.0 Å². The molecule has 20 heavy (non-hydrogen) atoms. The lowest BCUT2D eigenvalue weighted by Crippen LogP contribution is -2.23. The van der Waals surface area contributed by atoms with Crippen LogP contribution < -0.4 is 5.56 Å². The van der Waals surface area contributed by atoms with Crippen molar-refractivity contribution in [3.63, 3.8) is 0 Å². The van der Waals surface area contributed by atoms with Gasteiger partial charge in [0.2, 0.25) is 0 Å². The fourth-order valence-corrected chi connectivity index (χ4v) is 2.50. The maximum atomic E-state index is 12.0. The molecule has 1 aromatic heterocycles. The highest BCUT2D eigenvalue weighted by Gasteiger charge is 2.15. The van der Waals surface area contributed by atoms with Crippen LogP contribution in [0.2, 0.25) is 0 Å². The lowest BCUT2D eigenvalue weighted by Gasteiger charge is -2.10. The van der Waals surface area contributed by atoms with E-state index in [1.807, 2.05) is 6.26 Å². The Balaban J connectivity index is 2.51.